The van der Waals surface area contributed by atoms with Crippen LogP contribution in [0.25, 0.3) is 6.08 Å². The van der Waals surface area contributed by atoms with Crippen molar-refractivity contribution >= 4 is 56.8 Å². The first kappa shape index (κ1) is 16.6. The number of anilines is 1. The number of carbonyl (C=O) groups is 1. The third kappa shape index (κ3) is 4.11. The van der Waals surface area contributed by atoms with E-state index in [0.717, 1.165) is 4.47 Å². The van der Waals surface area contributed by atoms with Crippen LogP contribution in [0.3, 0.4) is 0 Å². The Bertz CT molecular complexity index is 797. The zero-order valence-corrected chi connectivity index (χ0v) is 14.2. The predicted octanol–water partition coefficient (Wildman–Crippen LogP) is 5.30. The number of hydrogen-bond donors (Lipinski definition) is 1. The number of nitrogens with one attached hydrogen (secondary N) is 1. The van der Waals surface area contributed by atoms with Crippen LogP contribution in [0.15, 0.2) is 52.5 Å². The van der Waals surface area contributed by atoms with Gasteiger partial charge in [0.2, 0.25) is 0 Å². The van der Waals surface area contributed by atoms with Crippen LogP contribution in [0, 0.1) is 11.3 Å². The number of nitriles is 1. The van der Waals surface area contributed by atoms with Crippen LogP contribution in [-0.2, 0) is 4.79 Å². The quantitative estimate of drug-likeness (QED) is 0.566. The molecular formula is C16H9BrCl2N2O. The van der Waals surface area contributed by atoms with E-state index in [2.05, 4.69) is 21.2 Å². The van der Waals surface area contributed by atoms with E-state index in [0.29, 0.717) is 21.3 Å². The minimum atomic E-state index is -0.514. The molecule has 0 aliphatic rings. The van der Waals surface area contributed by atoms with Crippen molar-refractivity contribution in [1.82, 2.24) is 0 Å². The van der Waals surface area contributed by atoms with Crippen molar-refractivity contribution < 1.29 is 4.79 Å². The SMILES string of the molecule is N#C/C(=C\c1ccc(Cl)cc1Cl)C(=O)Nc1ccccc1Br. The second-order valence-electron chi connectivity index (χ2n) is 4.27. The second-order valence-corrected chi connectivity index (χ2v) is 5.97. The molecular weight excluding hydrogens is 387 g/mol. The third-order valence-electron chi connectivity index (χ3n) is 2.75. The molecule has 0 unspecified atom stereocenters. The van der Waals surface area contributed by atoms with Gasteiger partial charge >= 0.3 is 0 Å². The molecule has 2 aromatic rings. The van der Waals surface area contributed by atoms with Crippen molar-refractivity contribution in [3.05, 3.63) is 68.1 Å². The van der Waals surface area contributed by atoms with Crippen molar-refractivity contribution in [3.63, 3.8) is 0 Å². The van der Waals surface area contributed by atoms with Crippen molar-refractivity contribution in [2.24, 2.45) is 0 Å². The average molecular weight is 396 g/mol. The fraction of sp³-hybridized carbons (Fsp3) is 0. The lowest BCUT2D eigenvalue weighted by Crippen LogP contribution is -2.13. The highest BCUT2D eigenvalue weighted by Gasteiger charge is 2.12. The van der Waals surface area contributed by atoms with E-state index < -0.39 is 5.91 Å². The van der Waals surface area contributed by atoms with Gasteiger partial charge in [0.25, 0.3) is 5.91 Å². The smallest absolute Gasteiger partial charge is 0.266 e. The monoisotopic (exact) mass is 394 g/mol. The highest BCUT2D eigenvalue weighted by Crippen LogP contribution is 2.24. The van der Waals surface area contributed by atoms with Gasteiger partial charge in [-0.2, -0.15) is 5.26 Å². The Morgan fingerprint density at radius 1 is 1.23 bits per heavy atom. The number of carbonyl (C=O) groups excluding carboxylic acids is 1. The van der Waals surface area contributed by atoms with Crippen molar-refractivity contribution in [2.45, 2.75) is 0 Å². The van der Waals surface area contributed by atoms with E-state index in [9.17, 15) is 10.1 Å². The van der Waals surface area contributed by atoms with E-state index >= 15 is 0 Å². The Kier molecular flexibility index (Phi) is 5.62. The molecule has 0 heterocycles. The van der Waals surface area contributed by atoms with Gasteiger partial charge in [-0.05, 0) is 51.8 Å². The minimum absolute atomic E-state index is 0.0556. The molecule has 0 saturated carbocycles. The summed E-state index contributed by atoms with van der Waals surface area (Å²) in [6, 6.07) is 13.8. The molecule has 0 fully saturated rings. The average Bonchev–Trinajstić information content (AvgIpc) is 2.49. The van der Waals surface area contributed by atoms with Crippen molar-refractivity contribution in [1.29, 1.82) is 5.26 Å². The maximum absolute atomic E-state index is 12.2. The summed E-state index contributed by atoms with van der Waals surface area (Å²) in [6.07, 6.45) is 1.42. The first-order valence-corrected chi connectivity index (χ1v) is 7.69. The first-order chi connectivity index (χ1) is 10.5. The Morgan fingerprint density at radius 2 is 1.95 bits per heavy atom. The molecule has 0 aliphatic carbocycles. The highest BCUT2D eigenvalue weighted by molar-refractivity contribution is 9.10. The lowest BCUT2D eigenvalue weighted by molar-refractivity contribution is -0.112. The Morgan fingerprint density at radius 3 is 2.59 bits per heavy atom. The number of benzene rings is 2. The summed E-state index contributed by atoms with van der Waals surface area (Å²) in [5, 5.41) is 12.7. The molecule has 0 spiro atoms. The maximum Gasteiger partial charge on any atom is 0.266 e. The molecule has 0 radical (unpaired) electrons. The van der Waals surface area contributed by atoms with Gasteiger partial charge < -0.3 is 5.32 Å². The van der Waals surface area contributed by atoms with Crippen LogP contribution in [0.1, 0.15) is 5.56 Å². The Hall–Kier alpha value is -1.80. The molecule has 22 heavy (non-hydrogen) atoms. The number of nitrogens with zero attached hydrogens (tertiary/aromatic N) is 1. The van der Waals surface area contributed by atoms with Crippen LogP contribution >= 0.6 is 39.1 Å². The molecule has 3 nitrogen and oxygen atoms in total. The van der Waals surface area contributed by atoms with Gasteiger partial charge in [-0.15, -0.1) is 0 Å². The molecule has 0 atom stereocenters. The molecule has 6 heteroatoms. The maximum atomic E-state index is 12.2. The zero-order chi connectivity index (χ0) is 16.1. The van der Waals surface area contributed by atoms with E-state index in [4.69, 9.17) is 23.2 Å². The van der Waals surface area contributed by atoms with E-state index in [1.54, 1.807) is 36.4 Å². The van der Waals surface area contributed by atoms with Crippen molar-refractivity contribution in [2.75, 3.05) is 5.32 Å². The molecule has 110 valence electrons. The molecule has 0 bridgehead atoms. The van der Waals surface area contributed by atoms with Gasteiger partial charge in [0.15, 0.2) is 0 Å². The first-order valence-electron chi connectivity index (χ1n) is 6.14. The number of hydrogen-bond acceptors (Lipinski definition) is 2. The summed E-state index contributed by atoms with van der Waals surface area (Å²) < 4.78 is 0.727. The van der Waals surface area contributed by atoms with E-state index in [1.807, 2.05) is 12.1 Å². The molecule has 2 rings (SSSR count). The second kappa shape index (κ2) is 7.46. The number of amides is 1. The van der Waals surface area contributed by atoms with Gasteiger partial charge in [0.05, 0.1) is 5.69 Å². The van der Waals surface area contributed by atoms with Gasteiger partial charge in [0.1, 0.15) is 11.6 Å². The fourth-order valence-electron chi connectivity index (χ4n) is 1.67. The summed E-state index contributed by atoms with van der Waals surface area (Å²) in [6.45, 7) is 0. The summed E-state index contributed by atoms with van der Waals surface area (Å²) in [4.78, 5) is 12.2. The van der Waals surface area contributed by atoms with Gasteiger partial charge in [0, 0.05) is 14.5 Å². The zero-order valence-electron chi connectivity index (χ0n) is 11.1. The van der Waals surface area contributed by atoms with Crippen LogP contribution in [0.5, 0.6) is 0 Å². The van der Waals surface area contributed by atoms with Crippen LogP contribution in [-0.4, -0.2) is 5.91 Å². The lowest BCUT2D eigenvalue weighted by atomic mass is 10.1. The van der Waals surface area contributed by atoms with Crippen molar-refractivity contribution in [3.8, 4) is 6.07 Å². The van der Waals surface area contributed by atoms with Gasteiger partial charge in [-0.3, -0.25) is 4.79 Å². The van der Waals surface area contributed by atoms with E-state index in [1.165, 1.54) is 6.08 Å². The largest absolute Gasteiger partial charge is 0.320 e. The highest BCUT2D eigenvalue weighted by atomic mass is 79.9. The van der Waals surface area contributed by atoms with Gasteiger partial charge in [-0.25, -0.2) is 0 Å². The molecule has 1 N–H and O–H groups in total. The summed E-state index contributed by atoms with van der Waals surface area (Å²) in [5.74, 6) is -0.514. The standard InChI is InChI=1S/C16H9BrCl2N2O/c17-13-3-1-2-4-15(13)21-16(22)11(9-20)7-10-5-6-12(18)8-14(10)19/h1-8H,(H,21,22)/b11-7+. The summed E-state index contributed by atoms with van der Waals surface area (Å²) in [7, 11) is 0. The van der Waals surface area contributed by atoms with Crippen LogP contribution in [0.4, 0.5) is 5.69 Å². The van der Waals surface area contributed by atoms with E-state index in [-0.39, 0.29) is 5.57 Å². The summed E-state index contributed by atoms with van der Waals surface area (Å²) >= 11 is 15.2. The summed E-state index contributed by atoms with van der Waals surface area (Å²) in [5.41, 5.74) is 1.07. The third-order valence-corrected chi connectivity index (χ3v) is 4.00. The Labute approximate surface area is 146 Å². The number of halogens is 3. The Balaban J connectivity index is 2.28. The molecule has 2 aromatic carbocycles. The lowest BCUT2D eigenvalue weighted by Gasteiger charge is -2.06. The van der Waals surface area contributed by atoms with Gasteiger partial charge in [-0.1, -0.05) is 41.4 Å². The molecule has 0 saturated heterocycles. The minimum Gasteiger partial charge on any atom is -0.320 e. The fourth-order valence-corrected chi connectivity index (χ4v) is 2.52. The molecule has 0 aliphatic heterocycles. The number of rotatable bonds is 3. The predicted molar refractivity (Wildman–Crippen MR) is 92.8 cm³/mol. The normalized spacial score (nSPS) is 10.9. The molecule has 1 amide bonds. The number of para-hydroxylation sites is 1. The molecule has 0 aromatic heterocycles. The van der Waals surface area contributed by atoms with Crippen LogP contribution < -0.4 is 5.32 Å². The topological polar surface area (TPSA) is 52.9 Å². The van der Waals surface area contributed by atoms with Crippen LogP contribution in [0.2, 0.25) is 10.0 Å².